The quantitative estimate of drug-likeness (QED) is 0.612. The summed E-state index contributed by atoms with van der Waals surface area (Å²) in [4.78, 5) is 21.9. The number of imidazole rings is 1. The minimum atomic E-state index is 0.182. The van der Waals surface area contributed by atoms with Crippen molar-refractivity contribution < 1.29 is 14.3 Å². The van der Waals surface area contributed by atoms with Crippen molar-refractivity contribution in [3.63, 3.8) is 0 Å². The van der Waals surface area contributed by atoms with Crippen molar-refractivity contribution in [1.29, 1.82) is 0 Å². The standard InChI is InChI=1S/C23H32N4O3S/c1-17-18(2)27(15-21-5-4-14-30-21)23(24-17)31-16-22(28)26-12-10-25(11-13-26)19-6-8-20(29-3)9-7-19/h6-9,21H,4-5,10-16H2,1-3H3/t21-/m0/s1. The first kappa shape index (κ1) is 22.0. The Morgan fingerprint density at radius 2 is 1.94 bits per heavy atom. The van der Waals surface area contributed by atoms with E-state index >= 15 is 0 Å². The first-order valence-corrected chi connectivity index (χ1v) is 12.0. The summed E-state index contributed by atoms with van der Waals surface area (Å²) >= 11 is 1.55. The predicted octanol–water partition coefficient (Wildman–Crippen LogP) is 3.13. The number of ether oxygens (including phenoxy) is 2. The molecule has 2 aromatic rings. The van der Waals surface area contributed by atoms with Gasteiger partial charge in [0.2, 0.25) is 5.91 Å². The van der Waals surface area contributed by atoms with Gasteiger partial charge in [-0.05, 0) is 51.0 Å². The Kier molecular flexibility index (Phi) is 7.07. The number of thioether (sulfide) groups is 1. The summed E-state index contributed by atoms with van der Waals surface area (Å²) in [7, 11) is 1.68. The summed E-state index contributed by atoms with van der Waals surface area (Å²) in [6, 6.07) is 8.11. The van der Waals surface area contributed by atoms with Gasteiger partial charge in [-0.2, -0.15) is 0 Å². The van der Waals surface area contributed by atoms with E-state index in [4.69, 9.17) is 14.5 Å². The summed E-state index contributed by atoms with van der Waals surface area (Å²) in [6.07, 6.45) is 2.48. The minimum Gasteiger partial charge on any atom is -0.497 e. The third-order valence-electron chi connectivity index (χ3n) is 6.23. The van der Waals surface area contributed by atoms with Crippen LogP contribution in [0.4, 0.5) is 5.69 Å². The van der Waals surface area contributed by atoms with Crippen LogP contribution in [-0.2, 0) is 16.1 Å². The molecule has 0 unspecified atom stereocenters. The van der Waals surface area contributed by atoms with E-state index in [9.17, 15) is 4.79 Å². The van der Waals surface area contributed by atoms with Gasteiger partial charge < -0.3 is 23.8 Å². The molecule has 4 rings (SSSR count). The van der Waals surface area contributed by atoms with Gasteiger partial charge in [0.1, 0.15) is 5.75 Å². The number of aryl methyl sites for hydroxylation is 1. The number of benzene rings is 1. The van der Waals surface area contributed by atoms with Crippen LogP contribution in [0.3, 0.4) is 0 Å². The van der Waals surface area contributed by atoms with Crippen LogP contribution in [0.2, 0.25) is 0 Å². The first-order valence-electron chi connectivity index (χ1n) is 11.0. The van der Waals surface area contributed by atoms with Crippen molar-refractivity contribution in [2.75, 3.05) is 50.5 Å². The van der Waals surface area contributed by atoms with E-state index in [-0.39, 0.29) is 12.0 Å². The molecule has 3 heterocycles. The smallest absolute Gasteiger partial charge is 0.233 e. The number of methoxy groups -OCH3 is 1. The fourth-order valence-corrected chi connectivity index (χ4v) is 5.17. The maximum atomic E-state index is 12.9. The molecule has 0 aliphatic carbocycles. The minimum absolute atomic E-state index is 0.182. The Balaban J connectivity index is 1.30. The molecule has 1 atom stereocenters. The highest BCUT2D eigenvalue weighted by Gasteiger charge is 2.24. The number of nitrogens with zero attached hydrogens (tertiary/aromatic N) is 4. The zero-order valence-corrected chi connectivity index (χ0v) is 19.5. The largest absolute Gasteiger partial charge is 0.497 e. The summed E-state index contributed by atoms with van der Waals surface area (Å²) in [5, 5.41) is 0.927. The molecule has 168 valence electrons. The van der Waals surface area contributed by atoms with Gasteiger partial charge in [-0.15, -0.1) is 0 Å². The molecule has 2 saturated heterocycles. The number of carbonyl (C=O) groups is 1. The Labute approximate surface area is 188 Å². The Hall–Kier alpha value is -2.19. The van der Waals surface area contributed by atoms with Crippen LogP contribution >= 0.6 is 11.8 Å². The lowest BCUT2D eigenvalue weighted by Crippen LogP contribution is -2.49. The number of anilines is 1. The molecule has 2 aliphatic rings. The number of carbonyl (C=O) groups excluding carboxylic acids is 1. The zero-order chi connectivity index (χ0) is 21.8. The SMILES string of the molecule is COc1ccc(N2CCN(C(=O)CSc3nc(C)c(C)n3C[C@@H]3CCCO3)CC2)cc1. The maximum absolute atomic E-state index is 12.9. The summed E-state index contributed by atoms with van der Waals surface area (Å²) < 4.78 is 13.3. The van der Waals surface area contributed by atoms with Crippen LogP contribution in [0.15, 0.2) is 29.4 Å². The summed E-state index contributed by atoms with van der Waals surface area (Å²) in [5.41, 5.74) is 3.36. The molecule has 8 heteroatoms. The molecule has 0 N–H and O–H groups in total. The van der Waals surface area contributed by atoms with Crippen LogP contribution in [0, 0.1) is 13.8 Å². The second kappa shape index (κ2) is 9.96. The topological polar surface area (TPSA) is 59.8 Å². The van der Waals surface area contributed by atoms with Crippen LogP contribution in [0.25, 0.3) is 0 Å². The van der Waals surface area contributed by atoms with Gasteiger partial charge in [-0.1, -0.05) is 11.8 Å². The van der Waals surface area contributed by atoms with E-state index in [0.29, 0.717) is 5.75 Å². The molecular formula is C23H32N4O3S. The average Bonchev–Trinajstić information content (AvgIpc) is 3.41. The van der Waals surface area contributed by atoms with Crippen molar-refractivity contribution >= 4 is 23.4 Å². The highest BCUT2D eigenvalue weighted by atomic mass is 32.2. The lowest BCUT2D eigenvalue weighted by atomic mass is 10.2. The average molecular weight is 445 g/mol. The Morgan fingerprint density at radius 3 is 2.58 bits per heavy atom. The molecule has 1 aromatic heterocycles. The molecule has 0 saturated carbocycles. The summed E-state index contributed by atoms with van der Waals surface area (Å²) in [5.74, 6) is 1.46. The maximum Gasteiger partial charge on any atom is 0.233 e. The van der Waals surface area contributed by atoms with Gasteiger partial charge in [-0.25, -0.2) is 4.98 Å². The van der Waals surface area contributed by atoms with Crippen molar-refractivity contribution in [1.82, 2.24) is 14.5 Å². The van der Waals surface area contributed by atoms with E-state index < -0.39 is 0 Å². The fourth-order valence-electron chi connectivity index (χ4n) is 4.17. The molecule has 1 aromatic carbocycles. The van der Waals surface area contributed by atoms with E-state index in [1.165, 1.54) is 11.4 Å². The normalized spacial score (nSPS) is 19.1. The molecule has 1 amide bonds. The van der Waals surface area contributed by atoms with Gasteiger partial charge >= 0.3 is 0 Å². The van der Waals surface area contributed by atoms with E-state index in [1.54, 1.807) is 18.9 Å². The Morgan fingerprint density at radius 1 is 1.19 bits per heavy atom. The van der Waals surface area contributed by atoms with E-state index in [2.05, 4.69) is 28.5 Å². The lowest BCUT2D eigenvalue weighted by Gasteiger charge is -2.36. The Bertz CT molecular complexity index is 885. The zero-order valence-electron chi connectivity index (χ0n) is 18.7. The van der Waals surface area contributed by atoms with Gasteiger partial charge in [-0.3, -0.25) is 4.79 Å². The van der Waals surface area contributed by atoms with Gasteiger partial charge in [0.05, 0.1) is 31.2 Å². The molecular weight excluding hydrogens is 412 g/mol. The van der Waals surface area contributed by atoms with Crippen LogP contribution in [0.5, 0.6) is 5.75 Å². The van der Waals surface area contributed by atoms with E-state index in [0.717, 1.165) is 68.8 Å². The molecule has 2 aliphatic heterocycles. The third kappa shape index (κ3) is 5.18. The highest BCUT2D eigenvalue weighted by molar-refractivity contribution is 7.99. The number of rotatable bonds is 7. The third-order valence-corrected chi connectivity index (χ3v) is 7.19. The van der Waals surface area contributed by atoms with Gasteiger partial charge in [0.25, 0.3) is 0 Å². The number of aromatic nitrogens is 2. The molecule has 0 bridgehead atoms. The number of hydrogen-bond donors (Lipinski definition) is 0. The first-order chi connectivity index (χ1) is 15.0. The van der Waals surface area contributed by atoms with Crippen molar-refractivity contribution in [2.45, 2.75) is 44.5 Å². The lowest BCUT2D eigenvalue weighted by molar-refractivity contribution is -0.128. The van der Waals surface area contributed by atoms with Gasteiger partial charge in [0, 0.05) is 44.2 Å². The number of amides is 1. The molecule has 2 fully saturated rings. The van der Waals surface area contributed by atoms with Gasteiger partial charge in [0.15, 0.2) is 5.16 Å². The fraction of sp³-hybridized carbons (Fsp3) is 0.565. The summed E-state index contributed by atoms with van der Waals surface area (Å²) in [6.45, 7) is 8.97. The second-order valence-corrected chi connectivity index (χ2v) is 9.11. The van der Waals surface area contributed by atoms with Crippen LogP contribution in [0.1, 0.15) is 24.2 Å². The van der Waals surface area contributed by atoms with Crippen molar-refractivity contribution in [3.8, 4) is 5.75 Å². The molecule has 7 nitrogen and oxygen atoms in total. The molecule has 0 radical (unpaired) electrons. The van der Waals surface area contributed by atoms with E-state index in [1.807, 2.05) is 24.0 Å². The number of hydrogen-bond acceptors (Lipinski definition) is 6. The number of piperazine rings is 1. The van der Waals surface area contributed by atoms with Crippen molar-refractivity contribution in [2.24, 2.45) is 0 Å². The second-order valence-electron chi connectivity index (χ2n) is 8.17. The monoisotopic (exact) mass is 444 g/mol. The molecule has 31 heavy (non-hydrogen) atoms. The predicted molar refractivity (Wildman–Crippen MR) is 123 cm³/mol. The molecule has 0 spiro atoms. The highest BCUT2D eigenvalue weighted by Crippen LogP contribution is 2.25. The van der Waals surface area contributed by atoms with Crippen LogP contribution in [-0.4, -0.2) is 72.1 Å². The van der Waals surface area contributed by atoms with Crippen LogP contribution < -0.4 is 9.64 Å². The van der Waals surface area contributed by atoms with Crippen molar-refractivity contribution in [3.05, 3.63) is 35.7 Å².